The summed E-state index contributed by atoms with van der Waals surface area (Å²) in [4.78, 5) is 0. The third-order valence-corrected chi connectivity index (χ3v) is 5.22. The third-order valence-electron chi connectivity index (χ3n) is 3.77. The van der Waals surface area contributed by atoms with Gasteiger partial charge >= 0.3 is 7.80 Å². The molecule has 0 saturated heterocycles. The Hall–Kier alpha value is -2.66. The molecule has 0 fully saturated rings. The highest BCUT2D eigenvalue weighted by molar-refractivity contribution is 7.61. The highest BCUT2D eigenvalue weighted by Crippen LogP contribution is 2.41. The van der Waals surface area contributed by atoms with Gasteiger partial charge in [0.2, 0.25) is 22.1 Å². The molecule has 0 amide bonds. The van der Waals surface area contributed by atoms with Gasteiger partial charge in [-0.1, -0.05) is 4.57 Å². The molecule has 0 radical (unpaired) electrons. The molecule has 0 saturated carbocycles. The molecule has 0 bridgehead atoms. The third kappa shape index (κ3) is 3.63. The first kappa shape index (κ1) is 19.7. The van der Waals surface area contributed by atoms with Crippen LogP contribution in [0.1, 0.15) is 0 Å². The molecule has 0 aliphatic rings. The van der Waals surface area contributed by atoms with E-state index >= 15 is 0 Å². The quantitative estimate of drug-likeness (QED) is 0.651. The minimum atomic E-state index is -1.97. The summed E-state index contributed by atoms with van der Waals surface area (Å²) in [7, 11) is 7.08. The fourth-order valence-corrected chi connectivity index (χ4v) is 3.75. The Balaban J connectivity index is 2.59. The predicted octanol–water partition coefficient (Wildman–Crippen LogP) is 2.52. The van der Waals surface area contributed by atoms with Crippen LogP contribution < -0.4 is 39.0 Å². The maximum absolute atomic E-state index is 13.2. The van der Waals surface area contributed by atoms with Gasteiger partial charge in [-0.2, -0.15) is 0 Å². The Bertz CT molecular complexity index is 689. The number of rotatable bonds is 8. The van der Waals surface area contributed by atoms with Crippen molar-refractivity contribution in [3.05, 3.63) is 24.3 Å². The molecule has 0 spiro atoms. The second-order valence-electron chi connectivity index (χ2n) is 5.06. The van der Waals surface area contributed by atoms with Crippen LogP contribution >= 0.6 is 7.80 Å². The largest absolute Gasteiger partial charge is 0.493 e. The van der Waals surface area contributed by atoms with Crippen LogP contribution in [-0.4, -0.2) is 42.7 Å². The molecule has 2 rings (SSSR count). The predicted molar refractivity (Wildman–Crippen MR) is 99.1 cm³/mol. The minimum absolute atomic E-state index is 0.428. The van der Waals surface area contributed by atoms with Crippen LogP contribution in [0.2, 0.25) is 0 Å². The van der Waals surface area contributed by atoms with E-state index in [1.807, 2.05) is 0 Å². The number of hydrogen-bond donors (Lipinski definition) is 0. The van der Waals surface area contributed by atoms with Gasteiger partial charge in [0, 0.05) is 24.3 Å². The summed E-state index contributed by atoms with van der Waals surface area (Å²) in [6.45, 7) is 0. The molecule has 7 nitrogen and oxygen atoms in total. The van der Waals surface area contributed by atoms with Crippen molar-refractivity contribution in [2.75, 3.05) is 42.7 Å². The molecule has 0 aliphatic heterocycles. The fourth-order valence-electron chi connectivity index (χ4n) is 2.52. The zero-order valence-corrected chi connectivity index (χ0v) is 16.5. The first-order valence-electron chi connectivity index (χ1n) is 7.61. The lowest BCUT2D eigenvalue weighted by molar-refractivity contribution is 0.325. The Morgan fingerprint density at radius 2 is 0.808 bits per heavy atom. The second kappa shape index (κ2) is 8.63. The Morgan fingerprint density at radius 1 is 0.538 bits per heavy atom. The van der Waals surface area contributed by atoms with Crippen molar-refractivity contribution in [1.82, 2.24) is 0 Å². The van der Waals surface area contributed by atoms with Crippen molar-refractivity contribution in [2.45, 2.75) is 0 Å². The highest BCUT2D eigenvalue weighted by Gasteiger charge is 2.31. The number of benzene rings is 2. The van der Waals surface area contributed by atoms with Gasteiger partial charge in [-0.3, -0.25) is 0 Å². The lowest BCUT2D eigenvalue weighted by Crippen LogP contribution is -2.10. The zero-order chi connectivity index (χ0) is 19.3. The van der Waals surface area contributed by atoms with Crippen molar-refractivity contribution < 1.29 is 33.0 Å². The van der Waals surface area contributed by atoms with E-state index < -0.39 is 7.80 Å². The summed E-state index contributed by atoms with van der Waals surface area (Å²) in [5.74, 6) is 2.59. The van der Waals surface area contributed by atoms with Gasteiger partial charge in [-0.05, 0) is 0 Å². The molecule has 26 heavy (non-hydrogen) atoms. The average molecular weight is 381 g/mol. The fraction of sp³-hybridized carbons (Fsp3) is 0.333. The van der Waals surface area contributed by atoms with E-state index in [-0.39, 0.29) is 0 Å². The van der Waals surface area contributed by atoms with Crippen molar-refractivity contribution in [2.24, 2.45) is 0 Å². The second-order valence-corrected chi connectivity index (χ2v) is 6.68. The number of hydrogen-bond acceptors (Lipinski definition) is 7. The molecule has 2 aromatic rings. The summed E-state index contributed by atoms with van der Waals surface area (Å²) in [6.07, 6.45) is 0. The number of ether oxygens (including phenoxy) is 6. The van der Waals surface area contributed by atoms with Crippen LogP contribution in [0.5, 0.6) is 34.5 Å². The van der Waals surface area contributed by atoms with Crippen LogP contribution in [0.25, 0.3) is 0 Å². The molecule has 2 aromatic carbocycles. The molecular weight excluding hydrogens is 359 g/mol. The molecule has 0 unspecified atom stereocenters. The van der Waals surface area contributed by atoms with Gasteiger partial charge in [0.1, 0.15) is 0 Å². The molecule has 0 atom stereocenters. The Morgan fingerprint density at radius 3 is 1.00 bits per heavy atom. The van der Waals surface area contributed by atoms with Crippen molar-refractivity contribution in [3.8, 4) is 34.5 Å². The molecule has 0 N–H and O–H groups in total. The monoisotopic (exact) mass is 381 g/mol. The lowest BCUT2D eigenvalue weighted by Gasteiger charge is -2.12. The van der Waals surface area contributed by atoms with Crippen molar-refractivity contribution in [1.29, 1.82) is 0 Å². The van der Waals surface area contributed by atoms with Crippen LogP contribution in [0.15, 0.2) is 24.3 Å². The maximum atomic E-state index is 13.2. The summed E-state index contributed by atoms with van der Waals surface area (Å²) in [6, 6.07) is 6.62. The molecule has 0 aliphatic carbocycles. The summed E-state index contributed by atoms with van der Waals surface area (Å²) in [5.41, 5.74) is 0. The summed E-state index contributed by atoms with van der Waals surface area (Å²) in [5, 5.41) is 1.03. The van der Waals surface area contributed by atoms with E-state index in [1.54, 1.807) is 24.3 Å². The van der Waals surface area contributed by atoms with E-state index in [0.717, 1.165) is 0 Å². The highest BCUT2D eigenvalue weighted by atomic mass is 31.1. The topological polar surface area (TPSA) is 72.5 Å². The molecule has 140 valence electrons. The van der Waals surface area contributed by atoms with E-state index in [0.29, 0.717) is 45.1 Å². The van der Waals surface area contributed by atoms with Crippen LogP contribution in [0.4, 0.5) is 0 Å². The summed E-state index contributed by atoms with van der Waals surface area (Å²) >= 11 is 0. The van der Waals surface area contributed by atoms with Crippen LogP contribution in [-0.2, 0) is 4.57 Å². The Kier molecular flexibility index (Phi) is 6.52. The van der Waals surface area contributed by atoms with Crippen molar-refractivity contribution >= 4 is 18.4 Å². The normalized spacial score (nSPS) is 10.1. The van der Waals surface area contributed by atoms with Crippen molar-refractivity contribution in [3.63, 3.8) is 0 Å². The van der Waals surface area contributed by atoms with Gasteiger partial charge in [-0.15, -0.1) is 0 Å². The van der Waals surface area contributed by atoms with Crippen LogP contribution in [0, 0.1) is 0 Å². The first-order valence-corrected chi connectivity index (χ1v) is 8.87. The minimum Gasteiger partial charge on any atom is -0.493 e. The maximum Gasteiger partial charge on any atom is 0.415 e. The SMILES string of the molecule is COc1cc([P+](=O)c2cc(OC)c(OC)c(OC)c2)cc(OC)c1OC. The van der Waals surface area contributed by atoms with E-state index in [2.05, 4.69) is 0 Å². The average Bonchev–Trinajstić information content (AvgIpc) is 2.70. The Labute approximate surface area is 153 Å². The summed E-state index contributed by atoms with van der Waals surface area (Å²) < 4.78 is 45.1. The van der Waals surface area contributed by atoms with Gasteiger partial charge in [0.05, 0.1) is 42.7 Å². The smallest absolute Gasteiger partial charge is 0.415 e. The standard InChI is InChI=1S/C18H22O7P/c1-20-13-7-11(8-14(21-2)17(13)24-5)26(19)12-9-15(22-3)18(25-6)16(10-12)23-4/h7-10H,1-6H3/q+1. The lowest BCUT2D eigenvalue weighted by atomic mass is 10.3. The van der Waals surface area contributed by atoms with E-state index in [9.17, 15) is 4.57 Å². The first-order chi connectivity index (χ1) is 12.5. The molecule has 0 aromatic heterocycles. The van der Waals surface area contributed by atoms with E-state index in [4.69, 9.17) is 28.4 Å². The van der Waals surface area contributed by atoms with Gasteiger partial charge in [0.25, 0.3) is 0 Å². The van der Waals surface area contributed by atoms with Gasteiger partial charge in [-0.25, -0.2) is 0 Å². The van der Waals surface area contributed by atoms with E-state index in [1.165, 1.54) is 42.7 Å². The zero-order valence-electron chi connectivity index (χ0n) is 15.6. The van der Waals surface area contributed by atoms with Gasteiger partial charge < -0.3 is 28.4 Å². The van der Waals surface area contributed by atoms with Gasteiger partial charge in [0.15, 0.2) is 23.0 Å². The number of methoxy groups -OCH3 is 6. The molecule has 8 heteroatoms. The molecular formula is C18H22O7P+. The van der Waals surface area contributed by atoms with Crippen LogP contribution in [0.3, 0.4) is 0 Å². The molecule has 0 heterocycles.